The highest BCUT2D eigenvalue weighted by molar-refractivity contribution is 6.33. The number of nitrogens with zero attached hydrogens (tertiary/aromatic N) is 1. The Kier molecular flexibility index (Phi) is 6.82. The van der Waals surface area contributed by atoms with E-state index in [0.717, 1.165) is 12.1 Å². The maximum Gasteiger partial charge on any atom is 0.387 e. The van der Waals surface area contributed by atoms with Gasteiger partial charge in [-0.15, -0.1) is 0 Å². The van der Waals surface area contributed by atoms with Crippen molar-refractivity contribution in [3.8, 4) is 11.8 Å². The van der Waals surface area contributed by atoms with E-state index in [2.05, 4.69) is 20.7 Å². The molecule has 1 fully saturated rings. The average Bonchev–Trinajstić information content (AvgIpc) is 2.71. The molecule has 0 saturated carbocycles. The average molecular weight is 423 g/mol. The van der Waals surface area contributed by atoms with Crippen molar-refractivity contribution >= 4 is 29.0 Å². The van der Waals surface area contributed by atoms with E-state index in [-0.39, 0.29) is 23.1 Å². The van der Waals surface area contributed by atoms with Crippen LogP contribution >= 0.6 is 11.6 Å². The van der Waals surface area contributed by atoms with Crippen LogP contribution in [0.2, 0.25) is 5.02 Å². The number of benzene rings is 2. The quantitative estimate of drug-likeness (QED) is 0.673. The van der Waals surface area contributed by atoms with E-state index in [1.54, 1.807) is 18.2 Å². The largest absolute Gasteiger partial charge is 0.433 e. The number of alkyl halides is 2. The van der Waals surface area contributed by atoms with Crippen LogP contribution in [0, 0.1) is 11.3 Å². The third-order valence-electron chi connectivity index (χ3n) is 4.11. The molecule has 0 radical (unpaired) electrons. The predicted molar refractivity (Wildman–Crippen MR) is 103 cm³/mol. The molecule has 1 atom stereocenters. The van der Waals surface area contributed by atoms with Crippen molar-refractivity contribution in [2.45, 2.75) is 12.7 Å². The van der Waals surface area contributed by atoms with Gasteiger partial charge in [0.05, 0.1) is 40.7 Å². The van der Waals surface area contributed by atoms with Crippen molar-refractivity contribution in [1.29, 1.82) is 5.26 Å². The van der Waals surface area contributed by atoms with Gasteiger partial charge in [-0.25, -0.2) is 4.79 Å². The van der Waals surface area contributed by atoms with Crippen LogP contribution in [0.25, 0.3) is 0 Å². The van der Waals surface area contributed by atoms with Gasteiger partial charge in [0, 0.05) is 13.1 Å². The molecule has 0 unspecified atom stereocenters. The standard InChI is InChI=1S/C19H17ClF2N4O3/c20-13-8-12(17-10-24-5-6-28-17)2-3-14(13)25-19(27)26-15-7-11(9-23)1-4-16(15)29-18(21)22/h1-4,7-8,17-18,24H,5-6,10H2,(H2,25,26,27)/t17-/m0/s1. The molecule has 10 heteroatoms. The zero-order chi connectivity index (χ0) is 20.8. The molecule has 0 aromatic heterocycles. The van der Waals surface area contributed by atoms with Crippen molar-refractivity contribution in [3.63, 3.8) is 0 Å². The lowest BCUT2D eigenvalue weighted by molar-refractivity contribution is -0.0493. The van der Waals surface area contributed by atoms with Crippen LogP contribution in [0.4, 0.5) is 25.0 Å². The van der Waals surface area contributed by atoms with Crippen LogP contribution in [0.5, 0.6) is 5.75 Å². The van der Waals surface area contributed by atoms with E-state index >= 15 is 0 Å². The molecule has 1 heterocycles. The Hall–Kier alpha value is -2.93. The van der Waals surface area contributed by atoms with Gasteiger partial charge in [0.15, 0.2) is 0 Å². The van der Waals surface area contributed by atoms with Gasteiger partial charge in [0.2, 0.25) is 0 Å². The number of amides is 2. The van der Waals surface area contributed by atoms with Gasteiger partial charge >= 0.3 is 12.6 Å². The molecule has 29 heavy (non-hydrogen) atoms. The molecule has 3 rings (SSSR count). The molecular formula is C19H17ClF2N4O3. The second-order valence-corrected chi connectivity index (χ2v) is 6.49. The molecular weight excluding hydrogens is 406 g/mol. The fourth-order valence-electron chi connectivity index (χ4n) is 2.78. The minimum atomic E-state index is -3.08. The predicted octanol–water partition coefficient (Wildman–Crippen LogP) is 4.12. The van der Waals surface area contributed by atoms with Crippen LogP contribution in [-0.2, 0) is 4.74 Å². The van der Waals surface area contributed by atoms with Gasteiger partial charge in [0.25, 0.3) is 0 Å². The summed E-state index contributed by atoms with van der Waals surface area (Å²) in [7, 11) is 0. The number of anilines is 2. The van der Waals surface area contributed by atoms with Crippen molar-refractivity contribution in [2.75, 3.05) is 30.3 Å². The van der Waals surface area contributed by atoms with E-state index in [0.29, 0.717) is 23.9 Å². The lowest BCUT2D eigenvalue weighted by Crippen LogP contribution is -2.33. The molecule has 0 bridgehead atoms. The Balaban J connectivity index is 1.71. The van der Waals surface area contributed by atoms with E-state index in [9.17, 15) is 13.6 Å². The van der Waals surface area contributed by atoms with E-state index in [4.69, 9.17) is 21.6 Å². The zero-order valence-electron chi connectivity index (χ0n) is 15.0. The highest BCUT2D eigenvalue weighted by Crippen LogP contribution is 2.30. The molecule has 2 aromatic rings. The molecule has 1 aliphatic heterocycles. The summed E-state index contributed by atoms with van der Waals surface area (Å²) in [6.45, 7) is -1.04. The van der Waals surface area contributed by atoms with Crippen molar-refractivity contribution in [2.24, 2.45) is 0 Å². The van der Waals surface area contributed by atoms with Gasteiger partial charge in [-0.3, -0.25) is 0 Å². The summed E-state index contributed by atoms with van der Waals surface area (Å²) in [5, 5.41) is 17.4. The first kappa shape index (κ1) is 20.8. The second-order valence-electron chi connectivity index (χ2n) is 6.08. The molecule has 1 saturated heterocycles. The number of morpholine rings is 1. The van der Waals surface area contributed by atoms with Crippen LogP contribution in [0.3, 0.4) is 0 Å². The summed E-state index contributed by atoms with van der Waals surface area (Å²) in [6.07, 6.45) is -0.132. The first-order chi connectivity index (χ1) is 14.0. The number of carbonyl (C=O) groups excluding carboxylic acids is 1. The SMILES string of the molecule is N#Cc1ccc(OC(F)F)c(NC(=O)Nc2ccc([C@@H]3CNCCO3)cc2Cl)c1. The number of carbonyl (C=O) groups is 1. The zero-order valence-corrected chi connectivity index (χ0v) is 15.8. The monoisotopic (exact) mass is 422 g/mol. The first-order valence-corrected chi connectivity index (χ1v) is 9.03. The molecule has 2 amide bonds. The van der Waals surface area contributed by atoms with Crippen molar-refractivity contribution in [1.82, 2.24) is 5.32 Å². The van der Waals surface area contributed by atoms with Crippen LogP contribution in [-0.4, -0.2) is 32.3 Å². The maximum atomic E-state index is 12.6. The summed E-state index contributed by atoms with van der Waals surface area (Å²) in [5.74, 6) is -0.266. The van der Waals surface area contributed by atoms with Gasteiger partial charge < -0.3 is 25.4 Å². The number of halogens is 3. The summed E-state index contributed by atoms with van der Waals surface area (Å²) in [5.41, 5.74) is 1.29. The molecule has 152 valence electrons. The van der Waals surface area contributed by atoms with Gasteiger partial charge in [0.1, 0.15) is 5.75 Å². The molecule has 7 nitrogen and oxygen atoms in total. The van der Waals surface area contributed by atoms with Crippen LogP contribution in [0.1, 0.15) is 17.2 Å². The van der Waals surface area contributed by atoms with E-state index < -0.39 is 12.6 Å². The second kappa shape index (κ2) is 9.52. The van der Waals surface area contributed by atoms with Crippen molar-refractivity contribution < 1.29 is 23.0 Å². The van der Waals surface area contributed by atoms with E-state index in [1.165, 1.54) is 18.2 Å². The molecule has 1 aliphatic rings. The number of ether oxygens (including phenoxy) is 2. The fourth-order valence-corrected chi connectivity index (χ4v) is 3.02. The molecule has 3 N–H and O–H groups in total. The Labute approximate surface area is 170 Å². The highest BCUT2D eigenvalue weighted by atomic mass is 35.5. The summed E-state index contributed by atoms with van der Waals surface area (Å²) < 4.78 is 35.2. The first-order valence-electron chi connectivity index (χ1n) is 8.65. The lowest BCUT2D eigenvalue weighted by atomic mass is 10.1. The molecule has 0 spiro atoms. The lowest BCUT2D eigenvalue weighted by Gasteiger charge is -2.24. The number of hydrogen-bond donors (Lipinski definition) is 3. The number of rotatable bonds is 5. The van der Waals surface area contributed by atoms with Gasteiger partial charge in [-0.1, -0.05) is 17.7 Å². The van der Waals surface area contributed by atoms with Crippen LogP contribution < -0.4 is 20.7 Å². The Morgan fingerprint density at radius 3 is 2.72 bits per heavy atom. The summed E-state index contributed by atoms with van der Waals surface area (Å²) in [4.78, 5) is 12.3. The minimum absolute atomic E-state index is 0.0729. The minimum Gasteiger partial charge on any atom is -0.433 e. The molecule has 0 aliphatic carbocycles. The number of nitrogens with one attached hydrogen (secondary N) is 3. The Morgan fingerprint density at radius 2 is 2.07 bits per heavy atom. The number of nitriles is 1. The summed E-state index contributed by atoms with van der Waals surface area (Å²) in [6, 6.07) is 9.94. The van der Waals surface area contributed by atoms with Gasteiger partial charge in [-0.2, -0.15) is 14.0 Å². The van der Waals surface area contributed by atoms with Gasteiger partial charge in [-0.05, 0) is 35.9 Å². The Bertz CT molecular complexity index is 930. The topological polar surface area (TPSA) is 95.4 Å². The highest BCUT2D eigenvalue weighted by Gasteiger charge is 2.18. The fraction of sp³-hybridized carbons (Fsp3) is 0.263. The third kappa shape index (κ3) is 5.54. The normalized spacial score (nSPS) is 16.2. The summed E-state index contributed by atoms with van der Waals surface area (Å²) >= 11 is 6.26. The van der Waals surface area contributed by atoms with E-state index in [1.807, 2.05) is 6.07 Å². The van der Waals surface area contributed by atoms with Crippen molar-refractivity contribution in [3.05, 3.63) is 52.5 Å². The number of hydrogen-bond acceptors (Lipinski definition) is 5. The maximum absolute atomic E-state index is 12.6. The number of urea groups is 1. The molecule has 2 aromatic carbocycles. The Morgan fingerprint density at radius 1 is 1.28 bits per heavy atom. The third-order valence-corrected chi connectivity index (χ3v) is 4.43. The smallest absolute Gasteiger partial charge is 0.387 e. The van der Waals surface area contributed by atoms with Crippen LogP contribution in [0.15, 0.2) is 36.4 Å².